The van der Waals surface area contributed by atoms with E-state index < -0.39 is 0 Å². The summed E-state index contributed by atoms with van der Waals surface area (Å²) in [5.41, 5.74) is 1.21. The molecule has 2 saturated carbocycles. The molecular formula is C22H34O2. The number of fused-ring (bicyclic) bond motifs is 2. The fourth-order valence-corrected chi connectivity index (χ4v) is 4.46. The van der Waals surface area contributed by atoms with Gasteiger partial charge in [-0.05, 0) is 74.5 Å². The first-order chi connectivity index (χ1) is 11.7. The Labute approximate surface area is 148 Å². The molecule has 2 aliphatic carbocycles. The van der Waals surface area contributed by atoms with Crippen LogP contribution in [0.25, 0.3) is 0 Å². The summed E-state index contributed by atoms with van der Waals surface area (Å²) in [6.07, 6.45) is 9.13. The van der Waals surface area contributed by atoms with Crippen molar-refractivity contribution in [2.75, 3.05) is 0 Å². The molecule has 1 unspecified atom stereocenters. The maximum absolute atomic E-state index is 12.5. The van der Waals surface area contributed by atoms with Gasteiger partial charge in [0.05, 0.1) is 5.41 Å². The number of benzene rings is 1. The molecule has 0 amide bonds. The zero-order valence-corrected chi connectivity index (χ0v) is 15.9. The lowest BCUT2D eigenvalue weighted by Crippen LogP contribution is -2.30. The summed E-state index contributed by atoms with van der Waals surface area (Å²) in [5.74, 6) is 2.12. The highest BCUT2D eigenvalue weighted by molar-refractivity contribution is 5.80. The molecule has 0 N–H and O–H groups in total. The van der Waals surface area contributed by atoms with Gasteiger partial charge in [-0.2, -0.15) is 0 Å². The van der Waals surface area contributed by atoms with Crippen LogP contribution in [0.1, 0.15) is 90.5 Å². The topological polar surface area (TPSA) is 26.3 Å². The predicted molar refractivity (Wildman–Crippen MR) is 100 cm³/mol. The lowest BCUT2D eigenvalue weighted by molar-refractivity contribution is -0.145. The number of hydrogen-bond acceptors (Lipinski definition) is 2. The van der Waals surface area contributed by atoms with Gasteiger partial charge in [-0.15, -0.1) is 0 Å². The second-order valence-electron chi connectivity index (χ2n) is 7.28. The molecule has 3 rings (SSSR count). The molecule has 1 aromatic rings. The van der Waals surface area contributed by atoms with E-state index in [2.05, 4.69) is 26.0 Å². The van der Waals surface area contributed by atoms with E-state index in [1.807, 2.05) is 26.0 Å². The third kappa shape index (κ3) is 4.02. The Hall–Kier alpha value is -1.31. The minimum Gasteiger partial charge on any atom is -0.426 e. The van der Waals surface area contributed by atoms with E-state index in [1.54, 1.807) is 0 Å². The Kier molecular flexibility index (Phi) is 6.89. The summed E-state index contributed by atoms with van der Waals surface area (Å²) in [7, 11) is 0. The van der Waals surface area contributed by atoms with E-state index >= 15 is 0 Å². The monoisotopic (exact) mass is 330 g/mol. The standard InChI is InChI=1S/C20H28O2.C2H6/c1-3-5-16(4-2)17-6-8-18(9-7-17)22-19(21)20-12-10-15(14-20)11-13-20;1-2/h6-9,15-16H,3-5,10-14H2,1-2H3;1-2H3. The van der Waals surface area contributed by atoms with Gasteiger partial charge in [-0.1, -0.05) is 46.2 Å². The number of rotatable bonds is 6. The smallest absolute Gasteiger partial charge is 0.317 e. The average molecular weight is 331 g/mol. The molecule has 134 valence electrons. The summed E-state index contributed by atoms with van der Waals surface area (Å²) in [6, 6.07) is 8.22. The number of carbonyl (C=O) groups is 1. The van der Waals surface area contributed by atoms with Crippen molar-refractivity contribution in [3.63, 3.8) is 0 Å². The van der Waals surface area contributed by atoms with Crippen molar-refractivity contribution < 1.29 is 9.53 Å². The molecule has 1 atom stereocenters. The van der Waals surface area contributed by atoms with Crippen LogP contribution >= 0.6 is 0 Å². The van der Waals surface area contributed by atoms with Crippen LogP contribution < -0.4 is 4.74 Å². The van der Waals surface area contributed by atoms with Crippen molar-refractivity contribution in [3.05, 3.63) is 29.8 Å². The lowest BCUT2D eigenvalue weighted by atomic mass is 9.84. The zero-order valence-electron chi connectivity index (χ0n) is 15.9. The molecule has 0 heterocycles. The van der Waals surface area contributed by atoms with E-state index in [9.17, 15) is 4.79 Å². The first-order valence-corrected chi connectivity index (χ1v) is 9.99. The fraction of sp³-hybridized carbons (Fsp3) is 0.682. The van der Waals surface area contributed by atoms with Crippen molar-refractivity contribution in [3.8, 4) is 5.75 Å². The van der Waals surface area contributed by atoms with Crippen LogP contribution in [0.2, 0.25) is 0 Å². The molecule has 2 nitrogen and oxygen atoms in total. The molecule has 0 radical (unpaired) electrons. The van der Waals surface area contributed by atoms with Crippen molar-refractivity contribution in [2.24, 2.45) is 11.3 Å². The first-order valence-electron chi connectivity index (χ1n) is 9.99. The van der Waals surface area contributed by atoms with Gasteiger partial charge in [0.2, 0.25) is 0 Å². The van der Waals surface area contributed by atoms with Gasteiger partial charge >= 0.3 is 5.97 Å². The summed E-state index contributed by atoms with van der Waals surface area (Å²) in [4.78, 5) is 12.5. The molecule has 2 aliphatic rings. The van der Waals surface area contributed by atoms with E-state index in [4.69, 9.17) is 4.74 Å². The van der Waals surface area contributed by atoms with E-state index in [0.717, 1.165) is 31.6 Å². The lowest BCUT2D eigenvalue weighted by Gasteiger charge is -2.24. The van der Waals surface area contributed by atoms with Crippen LogP contribution in [0.15, 0.2) is 24.3 Å². The highest BCUT2D eigenvalue weighted by atomic mass is 16.5. The first kappa shape index (κ1) is 19.0. The molecule has 2 fully saturated rings. The second-order valence-corrected chi connectivity index (χ2v) is 7.28. The molecule has 0 spiro atoms. The van der Waals surface area contributed by atoms with E-state index in [1.165, 1.54) is 31.2 Å². The average Bonchev–Trinajstić information content (AvgIpc) is 3.25. The molecular weight excluding hydrogens is 296 g/mol. The molecule has 0 aromatic heterocycles. The highest BCUT2D eigenvalue weighted by Crippen LogP contribution is 2.54. The predicted octanol–water partition coefficient (Wildman–Crippen LogP) is 6.49. The quantitative estimate of drug-likeness (QED) is 0.440. The Morgan fingerprint density at radius 2 is 1.79 bits per heavy atom. The van der Waals surface area contributed by atoms with E-state index in [-0.39, 0.29) is 11.4 Å². The van der Waals surface area contributed by atoms with Crippen molar-refractivity contribution in [2.45, 2.75) is 85.0 Å². The molecule has 24 heavy (non-hydrogen) atoms. The van der Waals surface area contributed by atoms with Gasteiger partial charge in [0.15, 0.2) is 0 Å². The molecule has 0 aliphatic heterocycles. The zero-order chi connectivity index (χ0) is 17.6. The van der Waals surface area contributed by atoms with Gasteiger partial charge in [-0.3, -0.25) is 4.79 Å². The molecule has 2 heteroatoms. The third-order valence-electron chi connectivity index (χ3n) is 5.87. The van der Waals surface area contributed by atoms with Crippen molar-refractivity contribution >= 4 is 5.97 Å². The van der Waals surface area contributed by atoms with Crippen LogP contribution in [0.3, 0.4) is 0 Å². The van der Waals surface area contributed by atoms with E-state index in [0.29, 0.717) is 11.7 Å². The fourth-order valence-electron chi connectivity index (χ4n) is 4.46. The van der Waals surface area contributed by atoms with Crippen LogP contribution in [0.4, 0.5) is 0 Å². The Morgan fingerprint density at radius 3 is 2.25 bits per heavy atom. The van der Waals surface area contributed by atoms with Gasteiger partial charge in [-0.25, -0.2) is 0 Å². The van der Waals surface area contributed by atoms with Gasteiger partial charge in [0, 0.05) is 0 Å². The Balaban J connectivity index is 0.00000100. The minimum absolute atomic E-state index is 0.0147. The second kappa shape index (κ2) is 8.69. The molecule has 1 aromatic carbocycles. The van der Waals surface area contributed by atoms with Crippen LogP contribution in [0, 0.1) is 11.3 Å². The molecule has 0 saturated heterocycles. The SMILES string of the molecule is CC.CCCC(CC)c1ccc(OC(=O)C23CCC(CC2)C3)cc1. The number of hydrogen-bond donors (Lipinski definition) is 0. The highest BCUT2D eigenvalue weighted by Gasteiger charge is 2.51. The van der Waals surface area contributed by atoms with Crippen molar-refractivity contribution in [1.29, 1.82) is 0 Å². The number of esters is 1. The Bertz CT molecular complexity index is 509. The van der Waals surface area contributed by atoms with Crippen molar-refractivity contribution in [1.82, 2.24) is 0 Å². The molecule has 2 bridgehead atoms. The normalized spacial score (nSPS) is 25.8. The van der Waals surface area contributed by atoms with Gasteiger partial charge in [0.25, 0.3) is 0 Å². The minimum atomic E-state index is -0.155. The van der Waals surface area contributed by atoms with Crippen LogP contribution in [-0.2, 0) is 4.79 Å². The number of carbonyl (C=O) groups excluding carboxylic acids is 1. The number of ether oxygens (including phenoxy) is 1. The summed E-state index contributed by atoms with van der Waals surface area (Å²) in [5, 5.41) is 0. The summed E-state index contributed by atoms with van der Waals surface area (Å²) < 4.78 is 5.71. The Morgan fingerprint density at radius 1 is 1.17 bits per heavy atom. The van der Waals surface area contributed by atoms with Gasteiger partial charge < -0.3 is 4.74 Å². The van der Waals surface area contributed by atoms with Gasteiger partial charge in [0.1, 0.15) is 5.75 Å². The van der Waals surface area contributed by atoms with Crippen LogP contribution in [0.5, 0.6) is 5.75 Å². The van der Waals surface area contributed by atoms with Crippen LogP contribution in [-0.4, -0.2) is 5.97 Å². The largest absolute Gasteiger partial charge is 0.426 e. The maximum Gasteiger partial charge on any atom is 0.317 e. The summed E-state index contributed by atoms with van der Waals surface area (Å²) >= 11 is 0. The maximum atomic E-state index is 12.5. The summed E-state index contributed by atoms with van der Waals surface area (Å²) in [6.45, 7) is 8.47. The third-order valence-corrected chi connectivity index (χ3v) is 5.87.